The maximum atomic E-state index is 12.9. The number of carbonyl (C=O) groups excluding carboxylic acids is 2. The Morgan fingerprint density at radius 1 is 1.21 bits per heavy atom. The van der Waals surface area contributed by atoms with Crippen LogP contribution in [0.3, 0.4) is 0 Å². The molecule has 0 aliphatic rings. The van der Waals surface area contributed by atoms with Gasteiger partial charge < -0.3 is 24.2 Å². The third-order valence-corrected chi connectivity index (χ3v) is 4.01. The molecule has 8 nitrogen and oxygen atoms in total. The van der Waals surface area contributed by atoms with Gasteiger partial charge in [0.05, 0.1) is 19.3 Å². The second-order valence-corrected chi connectivity index (χ2v) is 6.53. The Labute approximate surface area is 164 Å². The van der Waals surface area contributed by atoms with E-state index in [4.69, 9.17) is 14.0 Å². The van der Waals surface area contributed by atoms with Crippen LogP contribution < -0.4 is 10.1 Å². The van der Waals surface area contributed by atoms with Crippen LogP contribution >= 0.6 is 0 Å². The Hall–Kier alpha value is -2.87. The number of benzene rings is 1. The van der Waals surface area contributed by atoms with Gasteiger partial charge in [0, 0.05) is 38.7 Å². The number of hydrogen-bond donors (Lipinski definition) is 1. The number of aromatic nitrogens is 1. The molecule has 0 aliphatic carbocycles. The van der Waals surface area contributed by atoms with Gasteiger partial charge in [-0.05, 0) is 26.0 Å². The molecular formula is C20H27N3O5. The summed E-state index contributed by atoms with van der Waals surface area (Å²) in [5.74, 6) is 0.628. The molecule has 8 heteroatoms. The molecule has 2 aromatic rings. The van der Waals surface area contributed by atoms with Gasteiger partial charge in [0.1, 0.15) is 5.75 Å². The van der Waals surface area contributed by atoms with Crippen molar-refractivity contribution in [3.8, 4) is 17.1 Å². The Bertz CT molecular complexity index is 788. The molecule has 2 amide bonds. The number of carbonyl (C=O) groups is 2. The minimum atomic E-state index is -0.320. The molecule has 0 bridgehead atoms. The van der Waals surface area contributed by atoms with Crippen molar-refractivity contribution in [3.63, 3.8) is 0 Å². The van der Waals surface area contributed by atoms with Crippen molar-refractivity contribution in [2.75, 3.05) is 33.9 Å². The lowest BCUT2D eigenvalue weighted by Gasteiger charge is -2.21. The summed E-state index contributed by atoms with van der Waals surface area (Å²) in [6.07, 6.45) is 0.199. The van der Waals surface area contributed by atoms with Crippen LogP contribution in [0.15, 0.2) is 34.9 Å². The maximum absolute atomic E-state index is 12.9. The van der Waals surface area contributed by atoms with Crippen LogP contribution in [0, 0.1) is 0 Å². The predicted octanol–water partition coefficient (Wildman–Crippen LogP) is 2.35. The zero-order valence-electron chi connectivity index (χ0n) is 16.7. The van der Waals surface area contributed by atoms with Crippen LogP contribution in [-0.4, -0.2) is 61.8 Å². The van der Waals surface area contributed by atoms with Crippen molar-refractivity contribution in [3.05, 3.63) is 36.0 Å². The average Bonchev–Trinajstić information content (AvgIpc) is 3.17. The Morgan fingerprint density at radius 2 is 1.96 bits per heavy atom. The van der Waals surface area contributed by atoms with Crippen molar-refractivity contribution in [2.24, 2.45) is 0 Å². The highest BCUT2D eigenvalue weighted by molar-refractivity contribution is 5.93. The fourth-order valence-electron chi connectivity index (χ4n) is 2.66. The molecule has 0 aliphatic heterocycles. The van der Waals surface area contributed by atoms with Gasteiger partial charge in [-0.3, -0.25) is 9.59 Å². The van der Waals surface area contributed by atoms with E-state index in [1.165, 1.54) is 4.90 Å². The summed E-state index contributed by atoms with van der Waals surface area (Å²) in [4.78, 5) is 26.3. The summed E-state index contributed by atoms with van der Waals surface area (Å²) in [7, 11) is 3.12. The summed E-state index contributed by atoms with van der Waals surface area (Å²) in [5.41, 5.74) is 0.873. The van der Waals surface area contributed by atoms with E-state index in [9.17, 15) is 9.59 Å². The number of ether oxygens (including phenoxy) is 2. The number of nitrogens with one attached hydrogen (secondary N) is 1. The molecule has 1 heterocycles. The van der Waals surface area contributed by atoms with E-state index in [1.807, 2.05) is 32.0 Å². The number of methoxy groups -OCH3 is 2. The molecule has 1 N–H and O–H groups in total. The summed E-state index contributed by atoms with van der Waals surface area (Å²) in [6.45, 7) is 4.74. The summed E-state index contributed by atoms with van der Waals surface area (Å²) < 4.78 is 15.8. The molecule has 0 unspecified atom stereocenters. The van der Waals surface area contributed by atoms with Gasteiger partial charge in [-0.15, -0.1) is 0 Å². The molecule has 28 heavy (non-hydrogen) atoms. The number of para-hydroxylation sites is 1. The summed E-state index contributed by atoms with van der Waals surface area (Å²) in [5, 5.41) is 6.72. The average molecular weight is 389 g/mol. The molecule has 1 aromatic carbocycles. The second kappa shape index (κ2) is 10.5. The maximum Gasteiger partial charge on any atom is 0.276 e. The Kier molecular flexibility index (Phi) is 8.01. The van der Waals surface area contributed by atoms with Crippen LogP contribution in [-0.2, 0) is 9.53 Å². The molecule has 0 spiro atoms. The standard InChI is InChI=1S/C20H27N3O5/c1-14(2)21-19(24)9-10-23(11-12-26-3)20(25)16-13-18(28-22-16)15-7-5-6-8-17(15)27-4/h5-8,13-14H,9-12H2,1-4H3,(H,21,24). The minimum absolute atomic E-state index is 0.0505. The van der Waals surface area contributed by atoms with Gasteiger partial charge in [-0.2, -0.15) is 0 Å². The topological polar surface area (TPSA) is 93.9 Å². The minimum Gasteiger partial charge on any atom is -0.496 e. The molecule has 152 valence electrons. The first kappa shape index (κ1) is 21.4. The highest BCUT2D eigenvalue weighted by atomic mass is 16.5. The van der Waals surface area contributed by atoms with E-state index in [-0.39, 0.29) is 36.5 Å². The van der Waals surface area contributed by atoms with Gasteiger partial charge in [-0.1, -0.05) is 17.3 Å². The zero-order chi connectivity index (χ0) is 20.5. The lowest BCUT2D eigenvalue weighted by atomic mass is 10.1. The lowest BCUT2D eigenvalue weighted by molar-refractivity contribution is -0.121. The van der Waals surface area contributed by atoms with E-state index in [2.05, 4.69) is 10.5 Å². The lowest BCUT2D eigenvalue weighted by Crippen LogP contribution is -2.38. The van der Waals surface area contributed by atoms with E-state index in [0.29, 0.717) is 30.2 Å². The third kappa shape index (κ3) is 5.82. The van der Waals surface area contributed by atoms with Crippen LogP contribution in [0.25, 0.3) is 11.3 Å². The number of amides is 2. The molecule has 0 radical (unpaired) electrons. The molecule has 0 fully saturated rings. The Morgan fingerprint density at radius 3 is 2.64 bits per heavy atom. The third-order valence-electron chi connectivity index (χ3n) is 4.01. The molecule has 0 saturated heterocycles. The number of rotatable bonds is 10. The summed E-state index contributed by atoms with van der Waals surface area (Å²) >= 11 is 0. The van der Waals surface area contributed by atoms with Crippen LogP contribution in [0.5, 0.6) is 5.75 Å². The number of nitrogens with zero attached hydrogens (tertiary/aromatic N) is 2. The Balaban J connectivity index is 2.13. The first-order valence-electron chi connectivity index (χ1n) is 9.14. The van der Waals surface area contributed by atoms with Gasteiger partial charge >= 0.3 is 0 Å². The molecule has 1 aromatic heterocycles. The predicted molar refractivity (Wildman–Crippen MR) is 104 cm³/mol. The smallest absolute Gasteiger partial charge is 0.276 e. The first-order valence-corrected chi connectivity index (χ1v) is 9.14. The first-order chi connectivity index (χ1) is 13.5. The van der Waals surface area contributed by atoms with Gasteiger partial charge in [0.2, 0.25) is 5.91 Å². The number of hydrogen-bond acceptors (Lipinski definition) is 6. The van der Waals surface area contributed by atoms with Gasteiger partial charge in [0.25, 0.3) is 5.91 Å². The van der Waals surface area contributed by atoms with Crippen LogP contribution in [0.2, 0.25) is 0 Å². The normalized spacial score (nSPS) is 10.8. The van der Waals surface area contributed by atoms with E-state index in [1.54, 1.807) is 26.4 Å². The van der Waals surface area contributed by atoms with Gasteiger partial charge in [0.15, 0.2) is 11.5 Å². The molecule has 0 atom stereocenters. The SMILES string of the molecule is COCCN(CCC(=O)NC(C)C)C(=O)c1cc(-c2ccccc2OC)on1. The molecular weight excluding hydrogens is 362 g/mol. The van der Waals surface area contributed by atoms with Crippen molar-refractivity contribution >= 4 is 11.8 Å². The fraction of sp³-hybridized carbons (Fsp3) is 0.450. The van der Waals surface area contributed by atoms with E-state index < -0.39 is 0 Å². The monoisotopic (exact) mass is 389 g/mol. The van der Waals surface area contributed by atoms with E-state index >= 15 is 0 Å². The highest BCUT2D eigenvalue weighted by Gasteiger charge is 2.22. The van der Waals surface area contributed by atoms with Crippen molar-refractivity contribution in [1.82, 2.24) is 15.4 Å². The molecule has 2 rings (SSSR count). The zero-order valence-corrected chi connectivity index (χ0v) is 16.7. The van der Waals surface area contributed by atoms with E-state index in [0.717, 1.165) is 0 Å². The highest BCUT2D eigenvalue weighted by Crippen LogP contribution is 2.30. The van der Waals surface area contributed by atoms with Crippen molar-refractivity contribution in [1.29, 1.82) is 0 Å². The largest absolute Gasteiger partial charge is 0.496 e. The summed E-state index contributed by atoms with van der Waals surface area (Å²) in [6, 6.07) is 8.95. The second-order valence-electron chi connectivity index (χ2n) is 6.53. The molecule has 0 saturated carbocycles. The van der Waals surface area contributed by atoms with Crippen LogP contribution in [0.4, 0.5) is 0 Å². The van der Waals surface area contributed by atoms with Crippen LogP contribution in [0.1, 0.15) is 30.8 Å². The van der Waals surface area contributed by atoms with Crippen molar-refractivity contribution in [2.45, 2.75) is 26.3 Å². The van der Waals surface area contributed by atoms with Crippen molar-refractivity contribution < 1.29 is 23.6 Å². The quantitative estimate of drug-likeness (QED) is 0.670. The fourth-order valence-corrected chi connectivity index (χ4v) is 2.66. The van der Waals surface area contributed by atoms with Gasteiger partial charge in [-0.25, -0.2) is 0 Å².